The maximum absolute atomic E-state index is 11.4. The monoisotopic (exact) mass is 289 g/mol. The fourth-order valence-corrected chi connectivity index (χ4v) is 1.91. The molecule has 7 heteroatoms. The summed E-state index contributed by atoms with van der Waals surface area (Å²) in [6.07, 6.45) is 5.81. The molecule has 7 nitrogen and oxygen atoms in total. The SMILES string of the molecule is CCOC(=O)CCC(N)c1cc(C)nc(-n2ccnc2)n1. The number of nitrogens with two attached hydrogens (primary N) is 1. The third-order valence-electron chi connectivity index (χ3n) is 2.94. The zero-order valence-corrected chi connectivity index (χ0v) is 12.2. The Balaban J connectivity index is 2.10. The molecule has 112 valence electrons. The highest BCUT2D eigenvalue weighted by atomic mass is 16.5. The molecule has 0 spiro atoms. The van der Waals surface area contributed by atoms with E-state index in [1.807, 2.05) is 13.0 Å². The van der Waals surface area contributed by atoms with Crippen LogP contribution in [0.3, 0.4) is 0 Å². The first-order valence-corrected chi connectivity index (χ1v) is 6.85. The number of carbonyl (C=O) groups excluding carboxylic acids is 1. The Kier molecular flexibility index (Phi) is 4.99. The highest BCUT2D eigenvalue weighted by Gasteiger charge is 2.13. The van der Waals surface area contributed by atoms with Crippen molar-refractivity contribution >= 4 is 5.97 Å². The highest BCUT2D eigenvalue weighted by Crippen LogP contribution is 2.16. The Morgan fingerprint density at radius 3 is 2.95 bits per heavy atom. The Bertz CT molecular complexity index is 597. The first-order chi connectivity index (χ1) is 10.1. The average Bonchev–Trinajstić information content (AvgIpc) is 2.98. The number of hydrogen-bond acceptors (Lipinski definition) is 6. The molecule has 21 heavy (non-hydrogen) atoms. The molecular weight excluding hydrogens is 270 g/mol. The van der Waals surface area contributed by atoms with E-state index in [2.05, 4.69) is 15.0 Å². The molecule has 2 aromatic heterocycles. The lowest BCUT2D eigenvalue weighted by molar-refractivity contribution is -0.143. The van der Waals surface area contributed by atoms with Gasteiger partial charge in [-0.2, -0.15) is 0 Å². The Morgan fingerprint density at radius 2 is 2.29 bits per heavy atom. The molecule has 0 fully saturated rings. The molecule has 0 aliphatic heterocycles. The summed E-state index contributed by atoms with van der Waals surface area (Å²) in [5.74, 6) is 0.280. The Morgan fingerprint density at radius 1 is 1.48 bits per heavy atom. The second-order valence-electron chi connectivity index (χ2n) is 4.65. The van der Waals surface area contributed by atoms with E-state index >= 15 is 0 Å². The summed E-state index contributed by atoms with van der Waals surface area (Å²) in [7, 11) is 0. The van der Waals surface area contributed by atoms with Gasteiger partial charge in [-0.1, -0.05) is 0 Å². The smallest absolute Gasteiger partial charge is 0.305 e. The fourth-order valence-electron chi connectivity index (χ4n) is 1.91. The Hall–Kier alpha value is -2.28. The number of carbonyl (C=O) groups is 1. The quantitative estimate of drug-likeness (QED) is 0.805. The third kappa shape index (κ3) is 4.09. The van der Waals surface area contributed by atoms with Crippen LogP contribution in [-0.4, -0.2) is 32.1 Å². The maximum Gasteiger partial charge on any atom is 0.305 e. The van der Waals surface area contributed by atoms with Crippen molar-refractivity contribution in [1.82, 2.24) is 19.5 Å². The van der Waals surface area contributed by atoms with Crippen LogP contribution in [0.25, 0.3) is 5.95 Å². The normalized spacial score (nSPS) is 12.1. The lowest BCUT2D eigenvalue weighted by Gasteiger charge is -2.12. The van der Waals surface area contributed by atoms with Gasteiger partial charge in [-0.25, -0.2) is 15.0 Å². The van der Waals surface area contributed by atoms with E-state index in [0.29, 0.717) is 24.7 Å². The van der Waals surface area contributed by atoms with Crippen LogP contribution in [0.15, 0.2) is 24.8 Å². The van der Waals surface area contributed by atoms with Gasteiger partial charge in [0.2, 0.25) is 5.95 Å². The van der Waals surface area contributed by atoms with Gasteiger partial charge in [0.05, 0.1) is 12.3 Å². The molecule has 0 saturated heterocycles. The van der Waals surface area contributed by atoms with E-state index < -0.39 is 0 Å². The molecule has 1 unspecified atom stereocenters. The molecule has 0 aromatic carbocycles. The number of rotatable bonds is 6. The molecule has 0 aliphatic carbocycles. The van der Waals surface area contributed by atoms with Gasteiger partial charge in [-0.05, 0) is 26.3 Å². The fraction of sp³-hybridized carbons (Fsp3) is 0.429. The molecule has 0 radical (unpaired) electrons. The second kappa shape index (κ2) is 6.94. The third-order valence-corrected chi connectivity index (χ3v) is 2.94. The summed E-state index contributed by atoms with van der Waals surface area (Å²) in [5, 5.41) is 0. The molecule has 0 amide bonds. The van der Waals surface area contributed by atoms with Gasteiger partial charge in [-0.15, -0.1) is 0 Å². The zero-order chi connectivity index (χ0) is 15.2. The minimum Gasteiger partial charge on any atom is -0.466 e. The molecule has 0 saturated carbocycles. The van der Waals surface area contributed by atoms with E-state index in [4.69, 9.17) is 10.5 Å². The van der Waals surface area contributed by atoms with Gasteiger partial charge in [0.1, 0.15) is 6.33 Å². The summed E-state index contributed by atoms with van der Waals surface area (Å²) < 4.78 is 6.61. The molecule has 2 rings (SSSR count). The van der Waals surface area contributed by atoms with Gasteiger partial charge in [-0.3, -0.25) is 9.36 Å². The van der Waals surface area contributed by atoms with Crippen LogP contribution in [0.2, 0.25) is 0 Å². The maximum atomic E-state index is 11.4. The number of nitrogens with zero attached hydrogens (tertiary/aromatic N) is 4. The van der Waals surface area contributed by atoms with Gasteiger partial charge in [0.25, 0.3) is 0 Å². The summed E-state index contributed by atoms with van der Waals surface area (Å²) in [4.78, 5) is 24.1. The number of aromatic nitrogens is 4. The van der Waals surface area contributed by atoms with Gasteiger partial charge in [0.15, 0.2) is 0 Å². The molecule has 0 bridgehead atoms. The first kappa shape index (κ1) is 15.1. The largest absolute Gasteiger partial charge is 0.466 e. The summed E-state index contributed by atoms with van der Waals surface area (Å²) in [6.45, 7) is 4.04. The topological polar surface area (TPSA) is 95.9 Å². The van der Waals surface area contributed by atoms with Crippen molar-refractivity contribution in [2.45, 2.75) is 32.7 Å². The lowest BCUT2D eigenvalue weighted by Crippen LogP contribution is -2.17. The number of ether oxygens (including phenoxy) is 1. The van der Waals surface area contributed by atoms with Crippen LogP contribution in [-0.2, 0) is 9.53 Å². The molecule has 2 N–H and O–H groups in total. The number of aryl methyl sites for hydroxylation is 1. The van der Waals surface area contributed by atoms with E-state index in [1.165, 1.54) is 0 Å². The van der Waals surface area contributed by atoms with Crippen molar-refractivity contribution in [3.63, 3.8) is 0 Å². The molecular formula is C14H19N5O2. The van der Waals surface area contributed by atoms with E-state index in [-0.39, 0.29) is 18.4 Å². The first-order valence-electron chi connectivity index (χ1n) is 6.85. The van der Waals surface area contributed by atoms with Crippen molar-refractivity contribution in [2.24, 2.45) is 5.73 Å². The average molecular weight is 289 g/mol. The van der Waals surface area contributed by atoms with Crippen LogP contribution in [0.1, 0.15) is 37.2 Å². The molecule has 0 aliphatic rings. The van der Waals surface area contributed by atoms with Crippen molar-refractivity contribution in [2.75, 3.05) is 6.61 Å². The summed E-state index contributed by atoms with van der Waals surface area (Å²) in [5.41, 5.74) is 7.63. The minimum atomic E-state index is -0.335. The zero-order valence-electron chi connectivity index (χ0n) is 12.2. The van der Waals surface area contributed by atoms with Crippen molar-refractivity contribution in [3.8, 4) is 5.95 Å². The van der Waals surface area contributed by atoms with Crippen LogP contribution in [0.5, 0.6) is 0 Å². The van der Waals surface area contributed by atoms with Crippen molar-refractivity contribution in [3.05, 3.63) is 36.2 Å². The minimum absolute atomic E-state index is 0.242. The van der Waals surface area contributed by atoms with Crippen molar-refractivity contribution < 1.29 is 9.53 Å². The highest BCUT2D eigenvalue weighted by molar-refractivity contribution is 5.69. The van der Waals surface area contributed by atoms with Gasteiger partial charge in [0, 0.05) is 30.6 Å². The Labute approximate surface area is 123 Å². The summed E-state index contributed by atoms with van der Waals surface area (Å²) in [6, 6.07) is 1.49. The van der Waals surface area contributed by atoms with E-state index in [9.17, 15) is 4.79 Å². The summed E-state index contributed by atoms with van der Waals surface area (Å²) >= 11 is 0. The number of hydrogen-bond donors (Lipinski definition) is 1. The van der Waals surface area contributed by atoms with E-state index in [1.54, 1.807) is 30.2 Å². The van der Waals surface area contributed by atoms with Crippen molar-refractivity contribution in [1.29, 1.82) is 0 Å². The van der Waals surface area contributed by atoms with E-state index in [0.717, 1.165) is 5.69 Å². The van der Waals surface area contributed by atoms with Crippen LogP contribution in [0, 0.1) is 6.92 Å². The lowest BCUT2D eigenvalue weighted by atomic mass is 10.1. The number of imidazole rings is 1. The van der Waals surface area contributed by atoms with Crippen LogP contribution in [0.4, 0.5) is 0 Å². The second-order valence-corrected chi connectivity index (χ2v) is 4.65. The van der Waals surface area contributed by atoms with Crippen LogP contribution < -0.4 is 5.73 Å². The molecule has 1 atom stereocenters. The van der Waals surface area contributed by atoms with Gasteiger partial charge < -0.3 is 10.5 Å². The standard InChI is InChI=1S/C14H19N5O2/c1-3-21-13(20)5-4-11(15)12-8-10(2)17-14(18-12)19-7-6-16-9-19/h6-9,11H,3-5,15H2,1-2H3. The predicted molar refractivity (Wildman–Crippen MR) is 76.7 cm³/mol. The predicted octanol–water partition coefficient (Wildman–Crippen LogP) is 1.31. The number of esters is 1. The molecule has 2 aromatic rings. The van der Waals surface area contributed by atoms with Crippen LogP contribution >= 0.6 is 0 Å². The molecule has 2 heterocycles. The van der Waals surface area contributed by atoms with Gasteiger partial charge >= 0.3 is 5.97 Å².